The SMILES string of the molecule is Cc1ccc2c(c1)C(C)(C)C(=O)C2. The Balaban J connectivity index is 2.64. The lowest BCUT2D eigenvalue weighted by Crippen LogP contribution is -2.23. The van der Waals surface area contributed by atoms with Crippen molar-refractivity contribution in [2.75, 3.05) is 0 Å². The molecule has 1 aliphatic rings. The fourth-order valence-corrected chi connectivity index (χ4v) is 1.97. The summed E-state index contributed by atoms with van der Waals surface area (Å²) in [6.07, 6.45) is 0.614. The second-order valence-corrected chi connectivity index (χ2v) is 4.39. The molecule has 0 bridgehead atoms. The van der Waals surface area contributed by atoms with E-state index in [1.54, 1.807) is 0 Å². The van der Waals surface area contributed by atoms with Gasteiger partial charge in [-0.1, -0.05) is 23.8 Å². The first kappa shape index (κ1) is 8.49. The van der Waals surface area contributed by atoms with Crippen LogP contribution >= 0.6 is 0 Å². The fourth-order valence-electron chi connectivity index (χ4n) is 1.97. The molecule has 1 heteroatoms. The van der Waals surface area contributed by atoms with Crippen molar-refractivity contribution in [2.24, 2.45) is 0 Å². The van der Waals surface area contributed by atoms with Crippen LogP contribution in [0.3, 0.4) is 0 Å². The van der Waals surface area contributed by atoms with Crippen LogP contribution in [0.25, 0.3) is 0 Å². The highest BCUT2D eigenvalue weighted by molar-refractivity contribution is 5.95. The lowest BCUT2D eigenvalue weighted by molar-refractivity contribution is -0.121. The number of carbonyl (C=O) groups is 1. The van der Waals surface area contributed by atoms with Gasteiger partial charge in [0.15, 0.2) is 0 Å². The minimum absolute atomic E-state index is 0.263. The van der Waals surface area contributed by atoms with Gasteiger partial charge in [0.2, 0.25) is 0 Å². The normalized spacial score (nSPS) is 18.8. The summed E-state index contributed by atoms with van der Waals surface area (Å²) in [7, 11) is 0. The van der Waals surface area contributed by atoms with E-state index in [-0.39, 0.29) is 5.41 Å². The summed E-state index contributed by atoms with van der Waals surface area (Å²) in [5.41, 5.74) is 3.40. The zero-order chi connectivity index (χ0) is 9.64. The Labute approximate surface area is 78.8 Å². The monoisotopic (exact) mass is 174 g/mol. The Morgan fingerprint density at radius 1 is 1.31 bits per heavy atom. The highest BCUT2D eigenvalue weighted by Gasteiger charge is 2.37. The molecule has 1 aromatic carbocycles. The zero-order valence-corrected chi connectivity index (χ0v) is 8.35. The van der Waals surface area contributed by atoms with Gasteiger partial charge in [0, 0.05) is 11.8 Å². The molecule has 0 aliphatic heterocycles. The fraction of sp³-hybridized carbons (Fsp3) is 0.417. The number of aryl methyl sites for hydroxylation is 1. The molecule has 2 rings (SSSR count). The molecule has 0 unspecified atom stereocenters. The zero-order valence-electron chi connectivity index (χ0n) is 8.35. The molecule has 68 valence electrons. The van der Waals surface area contributed by atoms with E-state index in [4.69, 9.17) is 0 Å². The van der Waals surface area contributed by atoms with Crippen molar-refractivity contribution in [3.05, 3.63) is 34.9 Å². The Kier molecular flexibility index (Phi) is 1.59. The van der Waals surface area contributed by atoms with Crippen molar-refractivity contribution in [1.29, 1.82) is 0 Å². The van der Waals surface area contributed by atoms with Crippen LogP contribution < -0.4 is 0 Å². The second kappa shape index (κ2) is 2.44. The molecule has 0 saturated carbocycles. The van der Waals surface area contributed by atoms with Gasteiger partial charge in [-0.3, -0.25) is 4.79 Å². The molecule has 0 saturated heterocycles. The lowest BCUT2D eigenvalue weighted by Gasteiger charge is -2.17. The number of fused-ring (bicyclic) bond motifs is 1. The van der Waals surface area contributed by atoms with Crippen LogP contribution in [0.2, 0.25) is 0 Å². The number of carbonyl (C=O) groups excluding carboxylic acids is 1. The van der Waals surface area contributed by atoms with E-state index in [1.165, 1.54) is 16.7 Å². The van der Waals surface area contributed by atoms with E-state index in [0.717, 1.165) is 0 Å². The van der Waals surface area contributed by atoms with E-state index >= 15 is 0 Å². The molecule has 0 radical (unpaired) electrons. The van der Waals surface area contributed by atoms with E-state index < -0.39 is 0 Å². The van der Waals surface area contributed by atoms with Gasteiger partial charge >= 0.3 is 0 Å². The first-order valence-corrected chi connectivity index (χ1v) is 4.65. The molecule has 13 heavy (non-hydrogen) atoms. The van der Waals surface area contributed by atoms with Crippen LogP contribution in [0.15, 0.2) is 18.2 Å². The summed E-state index contributed by atoms with van der Waals surface area (Å²) >= 11 is 0. The molecule has 0 heterocycles. The lowest BCUT2D eigenvalue weighted by atomic mass is 9.85. The summed E-state index contributed by atoms with van der Waals surface area (Å²) in [5, 5.41) is 0. The largest absolute Gasteiger partial charge is 0.298 e. The maximum Gasteiger partial charge on any atom is 0.147 e. The third kappa shape index (κ3) is 1.11. The Hall–Kier alpha value is -1.11. The predicted octanol–water partition coefficient (Wildman–Crippen LogP) is 2.40. The van der Waals surface area contributed by atoms with Crippen LogP contribution in [0.5, 0.6) is 0 Å². The summed E-state index contributed by atoms with van der Waals surface area (Å²) in [4.78, 5) is 11.7. The van der Waals surface area contributed by atoms with Gasteiger partial charge in [0.1, 0.15) is 5.78 Å². The molecular formula is C12H14O. The van der Waals surface area contributed by atoms with Gasteiger partial charge in [0.05, 0.1) is 0 Å². The molecule has 1 aromatic rings. The topological polar surface area (TPSA) is 17.1 Å². The smallest absolute Gasteiger partial charge is 0.147 e. The van der Waals surface area contributed by atoms with Crippen LogP contribution in [-0.2, 0) is 16.6 Å². The molecule has 0 spiro atoms. The molecule has 0 fully saturated rings. The molecule has 0 aromatic heterocycles. The van der Waals surface area contributed by atoms with Gasteiger partial charge < -0.3 is 0 Å². The number of hydrogen-bond acceptors (Lipinski definition) is 1. The summed E-state index contributed by atoms with van der Waals surface area (Å²) < 4.78 is 0. The Morgan fingerprint density at radius 2 is 2.00 bits per heavy atom. The summed E-state index contributed by atoms with van der Waals surface area (Å²) in [6.45, 7) is 6.10. The van der Waals surface area contributed by atoms with Crippen molar-refractivity contribution >= 4 is 5.78 Å². The first-order chi connectivity index (χ1) is 6.01. The summed E-state index contributed by atoms with van der Waals surface area (Å²) in [5.74, 6) is 0.341. The standard InChI is InChI=1S/C12H14O/c1-8-4-5-9-7-11(13)12(2,3)10(9)6-8/h4-6H,7H2,1-3H3. The van der Waals surface area contributed by atoms with E-state index in [1.807, 2.05) is 13.8 Å². The van der Waals surface area contributed by atoms with E-state index in [2.05, 4.69) is 25.1 Å². The highest BCUT2D eigenvalue weighted by Crippen LogP contribution is 2.35. The van der Waals surface area contributed by atoms with Crippen molar-refractivity contribution in [3.63, 3.8) is 0 Å². The average Bonchev–Trinajstić information content (AvgIpc) is 2.27. The van der Waals surface area contributed by atoms with Crippen LogP contribution in [0.4, 0.5) is 0 Å². The number of ketones is 1. The van der Waals surface area contributed by atoms with Crippen LogP contribution in [-0.4, -0.2) is 5.78 Å². The summed E-state index contributed by atoms with van der Waals surface area (Å²) in [6, 6.07) is 6.30. The number of hydrogen-bond donors (Lipinski definition) is 0. The van der Waals surface area contributed by atoms with Crippen LogP contribution in [0, 0.1) is 6.92 Å². The molecular weight excluding hydrogens is 160 g/mol. The maximum atomic E-state index is 11.7. The molecule has 1 aliphatic carbocycles. The van der Waals surface area contributed by atoms with E-state index in [0.29, 0.717) is 12.2 Å². The van der Waals surface area contributed by atoms with Gasteiger partial charge in [-0.15, -0.1) is 0 Å². The minimum atomic E-state index is -0.263. The molecule has 0 amide bonds. The molecule has 0 atom stereocenters. The predicted molar refractivity (Wildman–Crippen MR) is 52.9 cm³/mol. The average molecular weight is 174 g/mol. The Morgan fingerprint density at radius 3 is 2.69 bits per heavy atom. The van der Waals surface area contributed by atoms with Gasteiger partial charge in [-0.05, 0) is 31.9 Å². The van der Waals surface area contributed by atoms with Gasteiger partial charge in [-0.25, -0.2) is 0 Å². The number of Topliss-reactive ketones (excluding diaryl/α,β-unsaturated/α-hetero) is 1. The maximum absolute atomic E-state index is 11.7. The van der Waals surface area contributed by atoms with Crippen molar-refractivity contribution in [1.82, 2.24) is 0 Å². The van der Waals surface area contributed by atoms with Crippen molar-refractivity contribution < 1.29 is 4.79 Å². The minimum Gasteiger partial charge on any atom is -0.298 e. The third-order valence-electron chi connectivity index (χ3n) is 2.99. The third-order valence-corrected chi connectivity index (χ3v) is 2.99. The second-order valence-electron chi connectivity index (χ2n) is 4.39. The number of benzene rings is 1. The molecule has 0 N–H and O–H groups in total. The van der Waals surface area contributed by atoms with Crippen molar-refractivity contribution in [2.45, 2.75) is 32.6 Å². The Bertz CT molecular complexity index is 375. The van der Waals surface area contributed by atoms with E-state index in [9.17, 15) is 4.79 Å². The van der Waals surface area contributed by atoms with Gasteiger partial charge in [-0.2, -0.15) is 0 Å². The van der Waals surface area contributed by atoms with Crippen LogP contribution in [0.1, 0.15) is 30.5 Å². The first-order valence-electron chi connectivity index (χ1n) is 4.65. The quantitative estimate of drug-likeness (QED) is 0.590. The van der Waals surface area contributed by atoms with Crippen molar-refractivity contribution in [3.8, 4) is 0 Å². The highest BCUT2D eigenvalue weighted by atomic mass is 16.1. The molecule has 1 nitrogen and oxygen atoms in total. The number of rotatable bonds is 0. The van der Waals surface area contributed by atoms with Gasteiger partial charge in [0.25, 0.3) is 0 Å².